The molecule has 32 heavy (non-hydrogen) atoms. The Labute approximate surface area is 179 Å². The minimum atomic E-state index is -4.66. The zero-order valence-electron chi connectivity index (χ0n) is 17.3. The van der Waals surface area contributed by atoms with E-state index in [-0.39, 0.29) is 29.4 Å². The maximum atomic E-state index is 14.0. The number of hydrogen-bond acceptors (Lipinski definition) is 4. The molecule has 11 heteroatoms. The summed E-state index contributed by atoms with van der Waals surface area (Å²) in [4.78, 5) is 16.8. The topological polar surface area (TPSA) is 77.1 Å². The van der Waals surface area contributed by atoms with Crippen molar-refractivity contribution in [2.75, 3.05) is 5.32 Å². The normalized spacial score (nSPS) is 11.8. The third-order valence-corrected chi connectivity index (χ3v) is 4.98. The van der Waals surface area contributed by atoms with Crippen molar-refractivity contribution in [2.45, 2.75) is 33.5 Å². The minimum Gasteiger partial charge on any atom is -0.317 e. The molecule has 1 aromatic carbocycles. The lowest BCUT2D eigenvalue weighted by atomic mass is 10.2. The highest BCUT2D eigenvalue weighted by Gasteiger charge is 2.35. The zero-order valence-corrected chi connectivity index (χ0v) is 17.3. The molecule has 0 bridgehead atoms. The van der Waals surface area contributed by atoms with Crippen LogP contribution in [0.3, 0.4) is 0 Å². The van der Waals surface area contributed by atoms with Gasteiger partial charge in [0.25, 0.3) is 5.91 Å². The van der Waals surface area contributed by atoms with Crippen LogP contribution in [0.25, 0.3) is 5.65 Å². The highest BCUT2D eigenvalue weighted by Crippen LogP contribution is 2.30. The second-order valence-electron chi connectivity index (χ2n) is 7.33. The number of hydrogen-bond donors (Lipinski definition) is 1. The number of aryl methyl sites for hydroxylation is 2. The quantitative estimate of drug-likeness (QED) is 0.474. The first-order valence-corrected chi connectivity index (χ1v) is 9.58. The molecule has 4 aromatic rings. The van der Waals surface area contributed by atoms with Crippen LogP contribution in [0.1, 0.15) is 38.8 Å². The van der Waals surface area contributed by atoms with Crippen LogP contribution < -0.4 is 5.32 Å². The van der Waals surface area contributed by atoms with Gasteiger partial charge in [0.1, 0.15) is 11.5 Å². The molecule has 0 saturated carbocycles. The Hall–Kier alpha value is -3.76. The van der Waals surface area contributed by atoms with Crippen LogP contribution in [-0.4, -0.2) is 30.3 Å². The summed E-state index contributed by atoms with van der Waals surface area (Å²) in [6.45, 7) is 4.95. The Balaban J connectivity index is 1.64. The van der Waals surface area contributed by atoms with Crippen LogP contribution in [-0.2, 0) is 12.7 Å². The number of carbonyl (C=O) groups is 1. The minimum absolute atomic E-state index is 0.0915. The van der Waals surface area contributed by atoms with Gasteiger partial charge in [0.15, 0.2) is 11.3 Å². The molecule has 0 atom stereocenters. The van der Waals surface area contributed by atoms with Crippen LogP contribution in [0.5, 0.6) is 0 Å². The van der Waals surface area contributed by atoms with E-state index in [2.05, 4.69) is 20.5 Å². The van der Waals surface area contributed by atoms with Crippen molar-refractivity contribution in [1.82, 2.24) is 24.4 Å². The van der Waals surface area contributed by atoms with E-state index in [9.17, 15) is 22.4 Å². The fraction of sp³-hybridized carbons (Fsp3) is 0.238. The lowest BCUT2D eigenvalue weighted by molar-refractivity contribution is -0.142. The number of nitrogens with zero attached hydrogens (tertiary/aromatic N) is 5. The molecule has 3 heterocycles. The lowest BCUT2D eigenvalue weighted by Gasteiger charge is -2.09. The number of benzene rings is 1. The van der Waals surface area contributed by atoms with Gasteiger partial charge in [-0.05, 0) is 32.9 Å². The number of amides is 1. The van der Waals surface area contributed by atoms with Crippen molar-refractivity contribution in [3.8, 4) is 0 Å². The maximum absolute atomic E-state index is 14.0. The van der Waals surface area contributed by atoms with Gasteiger partial charge in [-0.3, -0.25) is 9.48 Å². The summed E-state index contributed by atoms with van der Waals surface area (Å²) in [5.41, 5.74) is 0.650. The molecule has 0 fully saturated rings. The Kier molecular flexibility index (Phi) is 5.19. The van der Waals surface area contributed by atoms with Crippen molar-refractivity contribution < 1.29 is 22.4 Å². The molecular weight excluding hydrogens is 428 g/mol. The predicted octanol–water partition coefficient (Wildman–Crippen LogP) is 4.31. The van der Waals surface area contributed by atoms with E-state index in [0.717, 1.165) is 6.07 Å². The molecule has 1 amide bonds. The number of nitrogens with one attached hydrogen (secondary N) is 1. The van der Waals surface area contributed by atoms with Crippen molar-refractivity contribution in [3.63, 3.8) is 0 Å². The van der Waals surface area contributed by atoms with Crippen LogP contribution >= 0.6 is 0 Å². The maximum Gasteiger partial charge on any atom is 0.433 e. The molecule has 0 radical (unpaired) electrons. The fourth-order valence-electron chi connectivity index (χ4n) is 3.41. The van der Waals surface area contributed by atoms with E-state index in [1.54, 1.807) is 36.7 Å². The van der Waals surface area contributed by atoms with Gasteiger partial charge < -0.3 is 5.32 Å². The van der Waals surface area contributed by atoms with Crippen molar-refractivity contribution in [2.24, 2.45) is 0 Å². The number of fused-ring (bicyclic) bond motifs is 1. The van der Waals surface area contributed by atoms with Crippen molar-refractivity contribution in [1.29, 1.82) is 0 Å². The summed E-state index contributed by atoms with van der Waals surface area (Å²) in [5.74, 6) is -1.09. The van der Waals surface area contributed by atoms with Gasteiger partial charge in [-0.15, -0.1) is 0 Å². The molecular formula is C21H18F4N6O. The molecule has 1 N–H and O–H groups in total. The van der Waals surface area contributed by atoms with Crippen molar-refractivity contribution in [3.05, 3.63) is 76.2 Å². The van der Waals surface area contributed by atoms with Crippen LogP contribution in [0.2, 0.25) is 0 Å². The van der Waals surface area contributed by atoms with Crippen molar-refractivity contribution >= 4 is 17.2 Å². The average molecular weight is 446 g/mol. The molecule has 7 nitrogen and oxygen atoms in total. The summed E-state index contributed by atoms with van der Waals surface area (Å²) in [5, 5.41) is 10.8. The number of carbonyl (C=O) groups excluding carboxylic acids is 1. The van der Waals surface area contributed by atoms with Gasteiger partial charge in [0, 0.05) is 17.3 Å². The Morgan fingerprint density at radius 1 is 1.09 bits per heavy atom. The van der Waals surface area contributed by atoms with Crippen LogP contribution in [0, 0.1) is 26.6 Å². The Morgan fingerprint density at radius 2 is 1.81 bits per heavy atom. The Bertz CT molecular complexity index is 1340. The SMILES string of the molecule is Cc1cc(C(F)(F)F)n2nc(C(=O)Nc3c(C)nn(Cc4ccccc4F)c3C)cc2n1. The standard InChI is InChI=1S/C21H18F4N6O/c1-11-8-17(21(23,24)25)31-18(26-11)9-16(29-31)20(32)27-19-12(2)28-30(13(19)3)10-14-6-4-5-7-15(14)22/h4-9H,10H2,1-3H3,(H,27,32). The third-order valence-electron chi connectivity index (χ3n) is 4.98. The monoisotopic (exact) mass is 446 g/mol. The fourth-order valence-corrected chi connectivity index (χ4v) is 3.41. The summed E-state index contributed by atoms with van der Waals surface area (Å²) >= 11 is 0. The summed E-state index contributed by atoms with van der Waals surface area (Å²) in [6, 6.07) is 8.32. The van der Waals surface area contributed by atoms with E-state index in [4.69, 9.17) is 0 Å². The molecule has 3 aromatic heterocycles. The number of anilines is 1. The van der Waals surface area contributed by atoms with E-state index < -0.39 is 17.8 Å². The number of halogens is 4. The summed E-state index contributed by atoms with van der Waals surface area (Å²) in [7, 11) is 0. The molecule has 0 saturated heterocycles. The Morgan fingerprint density at radius 3 is 2.50 bits per heavy atom. The molecule has 0 aliphatic rings. The van der Waals surface area contributed by atoms with Gasteiger partial charge in [-0.2, -0.15) is 23.4 Å². The molecule has 0 aliphatic heterocycles. The zero-order chi connectivity index (χ0) is 23.2. The molecule has 0 aliphatic carbocycles. The first-order valence-electron chi connectivity index (χ1n) is 9.58. The molecule has 0 unspecified atom stereocenters. The van der Waals surface area contributed by atoms with E-state index >= 15 is 0 Å². The van der Waals surface area contributed by atoms with Gasteiger partial charge in [-0.25, -0.2) is 13.9 Å². The molecule has 166 valence electrons. The van der Waals surface area contributed by atoms with Gasteiger partial charge >= 0.3 is 6.18 Å². The van der Waals surface area contributed by atoms with Gasteiger partial charge in [-0.1, -0.05) is 18.2 Å². The number of alkyl halides is 3. The third kappa shape index (κ3) is 3.93. The summed E-state index contributed by atoms with van der Waals surface area (Å²) in [6.07, 6.45) is -4.66. The van der Waals surface area contributed by atoms with E-state index in [1.807, 2.05) is 0 Å². The lowest BCUT2D eigenvalue weighted by Crippen LogP contribution is -2.16. The number of aromatic nitrogens is 5. The van der Waals surface area contributed by atoms with Gasteiger partial charge in [0.05, 0.1) is 23.6 Å². The van der Waals surface area contributed by atoms with E-state index in [0.29, 0.717) is 27.2 Å². The van der Waals surface area contributed by atoms with Gasteiger partial charge in [0.2, 0.25) is 0 Å². The summed E-state index contributed by atoms with van der Waals surface area (Å²) < 4.78 is 56.2. The van der Waals surface area contributed by atoms with Crippen LogP contribution in [0.4, 0.5) is 23.2 Å². The smallest absolute Gasteiger partial charge is 0.317 e. The molecule has 0 spiro atoms. The largest absolute Gasteiger partial charge is 0.433 e. The first-order chi connectivity index (χ1) is 15.0. The van der Waals surface area contributed by atoms with E-state index in [1.165, 1.54) is 19.1 Å². The second kappa shape index (κ2) is 7.74. The highest BCUT2D eigenvalue weighted by molar-refractivity contribution is 6.04. The average Bonchev–Trinajstić information content (AvgIpc) is 3.24. The first kappa shape index (κ1) is 21.5. The number of rotatable bonds is 4. The predicted molar refractivity (Wildman–Crippen MR) is 108 cm³/mol. The molecule has 4 rings (SSSR count). The van der Waals surface area contributed by atoms with Crippen LogP contribution in [0.15, 0.2) is 36.4 Å². The second-order valence-corrected chi connectivity index (χ2v) is 7.33. The highest BCUT2D eigenvalue weighted by atomic mass is 19.4.